The van der Waals surface area contributed by atoms with Crippen LogP contribution >= 0.6 is 0 Å². The van der Waals surface area contributed by atoms with E-state index in [2.05, 4.69) is 25.4 Å². The zero-order chi connectivity index (χ0) is 15.7. The summed E-state index contributed by atoms with van der Waals surface area (Å²) in [7, 11) is 0. The van der Waals surface area contributed by atoms with E-state index in [4.69, 9.17) is 4.74 Å². The van der Waals surface area contributed by atoms with Gasteiger partial charge in [-0.2, -0.15) is 0 Å². The Labute approximate surface area is 127 Å². The minimum atomic E-state index is -0.548. The smallest absolute Gasteiger partial charge is 0.334 e. The van der Waals surface area contributed by atoms with Crippen molar-refractivity contribution in [2.75, 3.05) is 6.54 Å². The summed E-state index contributed by atoms with van der Waals surface area (Å²) in [5.74, 6) is -1.18. The molecular formula is C17H27NO3. The molecule has 0 aromatic carbocycles. The molecule has 4 heteroatoms. The molecule has 4 nitrogen and oxygen atoms in total. The number of cyclic esters (lactones) is 1. The summed E-state index contributed by atoms with van der Waals surface area (Å²) in [6.07, 6.45) is 9.00. The van der Waals surface area contributed by atoms with E-state index in [1.54, 1.807) is 6.08 Å². The molecule has 0 spiro atoms. The Balaban J connectivity index is 2.42. The number of carbonyl (C=O) groups is 2. The Morgan fingerprint density at radius 3 is 2.62 bits per heavy atom. The number of hydrogen-bond acceptors (Lipinski definition) is 3. The Morgan fingerprint density at radius 2 is 1.95 bits per heavy atom. The minimum Gasteiger partial charge on any atom is -0.458 e. The molecule has 1 aliphatic rings. The molecule has 0 aromatic rings. The number of ether oxygens (including phenoxy) is 1. The summed E-state index contributed by atoms with van der Waals surface area (Å²) < 4.78 is 5.29. The second-order valence-electron chi connectivity index (χ2n) is 5.54. The maximum absolute atomic E-state index is 12.1. The third kappa shape index (κ3) is 5.37. The highest BCUT2D eigenvalue weighted by Gasteiger charge is 2.42. The largest absolute Gasteiger partial charge is 0.458 e. The standard InChI is InChI=1S/C17H27NO3/c1-4-6-7-8-9-10-11-14-15(13(3)17(20)21-14)16(19)18-12-5-2/h5,14-15H,2-4,6-12H2,1H3,(H,18,19)/t14?,15-/m1/s1. The highest BCUT2D eigenvalue weighted by molar-refractivity contribution is 5.99. The van der Waals surface area contributed by atoms with E-state index < -0.39 is 11.9 Å². The molecule has 1 fully saturated rings. The third-order valence-corrected chi connectivity index (χ3v) is 3.81. The van der Waals surface area contributed by atoms with Gasteiger partial charge in [0.1, 0.15) is 12.0 Å². The van der Waals surface area contributed by atoms with Crippen molar-refractivity contribution < 1.29 is 14.3 Å². The van der Waals surface area contributed by atoms with Crippen LogP contribution in [0.3, 0.4) is 0 Å². The van der Waals surface area contributed by atoms with Crippen LogP contribution in [0.25, 0.3) is 0 Å². The van der Waals surface area contributed by atoms with Crippen molar-refractivity contribution in [1.29, 1.82) is 0 Å². The molecule has 1 N–H and O–H groups in total. The van der Waals surface area contributed by atoms with Crippen LogP contribution in [0.4, 0.5) is 0 Å². The maximum atomic E-state index is 12.1. The maximum Gasteiger partial charge on any atom is 0.334 e. The fourth-order valence-corrected chi connectivity index (χ4v) is 2.59. The van der Waals surface area contributed by atoms with Crippen LogP contribution in [-0.2, 0) is 14.3 Å². The van der Waals surface area contributed by atoms with Crippen LogP contribution in [0.5, 0.6) is 0 Å². The molecule has 0 radical (unpaired) electrons. The highest BCUT2D eigenvalue weighted by atomic mass is 16.6. The first-order chi connectivity index (χ1) is 10.1. The summed E-state index contributed by atoms with van der Waals surface area (Å²) in [5.41, 5.74) is 0.271. The molecule has 0 aromatic heterocycles. The van der Waals surface area contributed by atoms with Crippen LogP contribution in [0.15, 0.2) is 24.8 Å². The van der Waals surface area contributed by atoms with E-state index >= 15 is 0 Å². The van der Waals surface area contributed by atoms with Crippen LogP contribution in [-0.4, -0.2) is 24.5 Å². The molecule has 0 saturated carbocycles. The van der Waals surface area contributed by atoms with Crippen molar-refractivity contribution in [3.63, 3.8) is 0 Å². The number of amides is 1. The molecule has 1 rings (SSSR count). The fraction of sp³-hybridized carbons (Fsp3) is 0.647. The van der Waals surface area contributed by atoms with Gasteiger partial charge < -0.3 is 10.1 Å². The van der Waals surface area contributed by atoms with Crippen LogP contribution < -0.4 is 5.32 Å². The number of rotatable bonds is 10. The highest BCUT2D eigenvalue weighted by Crippen LogP contribution is 2.30. The second kappa shape index (κ2) is 9.37. The van der Waals surface area contributed by atoms with E-state index in [1.165, 1.54) is 25.7 Å². The number of nitrogens with one attached hydrogen (secondary N) is 1. The third-order valence-electron chi connectivity index (χ3n) is 3.81. The Hall–Kier alpha value is -1.58. The summed E-state index contributed by atoms with van der Waals surface area (Å²) in [4.78, 5) is 23.7. The quantitative estimate of drug-likeness (QED) is 0.291. The lowest BCUT2D eigenvalue weighted by Gasteiger charge is -2.17. The molecule has 1 heterocycles. The van der Waals surface area contributed by atoms with E-state index in [0.29, 0.717) is 6.54 Å². The molecule has 118 valence electrons. The van der Waals surface area contributed by atoms with E-state index in [-0.39, 0.29) is 17.6 Å². The molecular weight excluding hydrogens is 266 g/mol. The van der Waals surface area contributed by atoms with Gasteiger partial charge in [0.25, 0.3) is 0 Å². The summed E-state index contributed by atoms with van der Waals surface area (Å²) >= 11 is 0. The number of unbranched alkanes of at least 4 members (excludes halogenated alkanes) is 5. The van der Waals surface area contributed by atoms with Crippen molar-refractivity contribution in [2.45, 2.75) is 58.0 Å². The molecule has 1 amide bonds. The molecule has 21 heavy (non-hydrogen) atoms. The van der Waals surface area contributed by atoms with Gasteiger partial charge in [0.2, 0.25) is 5.91 Å². The first-order valence-corrected chi connectivity index (χ1v) is 7.90. The van der Waals surface area contributed by atoms with Gasteiger partial charge in [-0.3, -0.25) is 4.79 Å². The molecule has 1 unspecified atom stereocenters. The topological polar surface area (TPSA) is 55.4 Å². The lowest BCUT2D eigenvalue weighted by molar-refractivity contribution is -0.140. The van der Waals surface area contributed by atoms with Crippen molar-refractivity contribution in [3.8, 4) is 0 Å². The second-order valence-corrected chi connectivity index (χ2v) is 5.54. The van der Waals surface area contributed by atoms with Gasteiger partial charge >= 0.3 is 5.97 Å². The number of carbonyl (C=O) groups excluding carboxylic acids is 2. The Kier molecular flexibility index (Phi) is 7.80. The number of hydrogen-bond donors (Lipinski definition) is 1. The number of esters is 1. The van der Waals surface area contributed by atoms with Gasteiger partial charge in [-0.25, -0.2) is 4.79 Å². The van der Waals surface area contributed by atoms with Crippen molar-refractivity contribution in [1.82, 2.24) is 5.32 Å². The van der Waals surface area contributed by atoms with Crippen molar-refractivity contribution in [3.05, 3.63) is 24.8 Å². The van der Waals surface area contributed by atoms with Crippen molar-refractivity contribution >= 4 is 11.9 Å². The summed E-state index contributed by atoms with van der Waals surface area (Å²) in [5, 5.41) is 2.72. The molecule has 1 aliphatic heterocycles. The van der Waals surface area contributed by atoms with Gasteiger partial charge in [0, 0.05) is 12.1 Å². The zero-order valence-electron chi connectivity index (χ0n) is 13.0. The van der Waals surface area contributed by atoms with E-state index in [0.717, 1.165) is 19.3 Å². The zero-order valence-corrected chi connectivity index (χ0v) is 13.0. The average molecular weight is 293 g/mol. The first kappa shape index (κ1) is 17.5. The Bertz CT molecular complexity index is 389. The van der Waals surface area contributed by atoms with E-state index in [9.17, 15) is 9.59 Å². The predicted molar refractivity (Wildman–Crippen MR) is 83.7 cm³/mol. The Morgan fingerprint density at radius 1 is 1.29 bits per heavy atom. The first-order valence-electron chi connectivity index (χ1n) is 7.90. The summed E-state index contributed by atoms with van der Waals surface area (Å²) in [6, 6.07) is 0. The van der Waals surface area contributed by atoms with Crippen LogP contribution in [0.2, 0.25) is 0 Å². The summed E-state index contributed by atoms with van der Waals surface area (Å²) in [6.45, 7) is 9.85. The average Bonchev–Trinajstić information content (AvgIpc) is 2.75. The normalized spacial score (nSPS) is 21.2. The van der Waals surface area contributed by atoms with E-state index in [1.807, 2.05) is 0 Å². The lowest BCUT2D eigenvalue weighted by atomic mass is 9.92. The van der Waals surface area contributed by atoms with Gasteiger partial charge in [0.05, 0.1) is 0 Å². The minimum absolute atomic E-state index is 0.193. The lowest BCUT2D eigenvalue weighted by Crippen LogP contribution is -2.36. The molecule has 0 aliphatic carbocycles. The molecule has 1 saturated heterocycles. The van der Waals surface area contributed by atoms with Gasteiger partial charge in [-0.05, 0) is 12.8 Å². The fourth-order valence-electron chi connectivity index (χ4n) is 2.59. The monoisotopic (exact) mass is 293 g/mol. The van der Waals surface area contributed by atoms with Gasteiger partial charge in [0.15, 0.2) is 0 Å². The van der Waals surface area contributed by atoms with Crippen LogP contribution in [0, 0.1) is 5.92 Å². The van der Waals surface area contributed by atoms with Crippen LogP contribution in [0.1, 0.15) is 51.9 Å². The predicted octanol–water partition coefficient (Wildman–Crippen LogP) is 3.14. The van der Waals surface area contributed by atoms with Crippen molar-refractivity contribution in [2.24, 2.45) is 5.92 Å². The molecule has 2 atom stereocenters. The SMILES string of the molecule is C=CCNC(=O)[C@@H]1C(=C)C(=O)OC1CCCCCCCC. The van der Waals surface area contributed by atoms with Gasteiger partial charge in [-0.1, -0.05) is 51.7 Å². The van der Waals surface area contributed by atoms with Gasteiger partial charge in [-0.15, -0.1) is 6.58 Å². The molecule has 0 bridgehead atoms.